The summed E-state index contributed by atoms with van der Waals surface area (Å²) < 4.78 is 13.4. The molecular weight excluding hydrogens is 251 g/mol. The molecule has 1 aliphatic carbocycles. The predicted octanol–water partition coefficient (Wildman–Crippen LogP) is 4.58. The van der Waals surface area contributed by atoms with Gasteiger partial charge in [-0.05, 0) is 43.1 Å². The Hall–Kier alpha value is -0.600. The van der Waals surface area contributed by atoms with Gasteiger partial charge in [-0.2, -0.15) is 0 Å². The maximum Gasteiger partial charge on any atom is 0.142 e. The van der Waals surface area contributed by atoms with Crippen LogP contribution in [0.25, 0.3) is 0 Å². The number of rotatable bonds is 2. The maximum absolute atomic E-state index is 13.4. The van der Waals surface area contributed by atoms with Gasteiger partial charge in [-0.25, -0.2) is 4.39 Å². The van der Waals surface area contributed by atoms with Crippen molar-refractivity contribution in [3.8, 4) is 0 Å². The molecule has 1 aliphatic rings. The molecule has 2 rings (SSSR count). The summed E-state index contributed by atoms with van der Waals surface area (Å²) in [7, 11) is 0. The minimum Gasteiger partial charge on any atom is -0.388 e. The summed E-state index contributed by atoms with van der Waals surface area (Å²) >= 11 is 5.95. The lowest BCUT2D eigenvalue weighted by atomic mass is 9.73. The topological polar surface area (TPSA) is 20.2 Å². The van der Waals surface area contributed by atoms with Crippen LogP contribution in [-0.2, 0) is 0 Å². The second-order valence-electron chi connectivity index (χ2n) is 5.77. The summed E-state index contributed by atoms with van der Waals surface area (Å²) in [4.78, 5) is 0. The minimum absolute atomic E-state index is 0.0656. The van der Waals surface area contributed by atoms with E-state index in [0.717, 1.165) is 12.8 Å². The highest BCUT2D eigenvalue weighted by Crippen LogP contribution is 2.41. The van der Waals surface area contributed by atoms with Crippen LogP contribution in [-0.4, -0.2) is 5.11 Å². The van der Waals surface area contributed by atoms with Crippen molar-refractivity contribution < 1.29 is 9.50 Å². The molecule has 1 nitrogen and oxygen atoms in total. The molecule has 0 aromatic heterocycles. The summed E-state index contributed by atoms with van der Waals surface area (Å²) in [5, 5.41) is 10.5. The zero-order valence-corrected chi connectivity index (χ0v) is 11.6. The molecule has 0 heterocycles. The van der Waals surface area contributed by atoms with Gasteiger partial charge in [0, 0.05) is 5.56 Å². The van der Waals surface area contributed by atoms with Gasteiger partial charge in [-0.3, -0.25) is 0 Å². The van der Waals surface area contributed by atoms with E-state index in [1.807, 2.05) is 0 Å². The van der Waals surface area contributed by atoms with E-state index in [9.17, 15) is 9.50 Å². The normalized spacial score (nSPS) is 30.2. The van der Waals surface area contributed by atoms with E-state index in [0.29, 0.717) is 17.4 Å². The summed E-state index contributed by atoms with van der Waals surface area (Å²) in [5.74, 6) is 0.953. The van der Waals surface area contributed by atoms with Gasteiger partial charge in [0.25, 0.3) is 0 Å². The van der Waals surface area contributed by atoms with Crippen LogP contribution in [0, 0.1) is 23.6 Å². The quantitative estimate of drug-likeness (QED) is 0.834. The molecule has 0 amide bonds. The Morgan fingerprint density at radius 1 is 1.22 bits per heavy atom. The molecule has 1 N–H and O–H groups in total. The number of hydrogen-bond donors (Lipinski definition) is 1. The highest BCUT2D eigenvalue weighted by molar-refractivity contribution is 6.31. The molecule has 0 radical (unpaired) electrons. The molecule has 0 saturated heterocycles. The molecule has 3 heteroatoms. The van der Waals surface area contributed by atoms with Crippen LogP contribution in [0.3, 0.4) is 0 Å². The number of aliphatic hydroxyl groups excluding tert-OH is 1. The van der Waals surface area contributed by atoms with Crippen LogP contribution >= 0.6 is 11.6 Å². The van der Waals surface area contributed by atoms with Crippen LogP contribution < -0.4 is 0 Å². The molecule has 100 valence electrons. The van der Waals surface area contributed by atoms with Crippen LogP contribution in [0.2, 0.25) is 5.02 Å². The third kappa shape index (κ3) is 2.86. The van der Waals surface area contributed by atoms with E-state index < -0.39 is 11.9 Å². The first kappa shape index (κ1) is 13.8. The number of benzene rings is 1. The van der Waals surface area contributed by atoms with Crippen molar-refractivity contribution in [2.45, 2.75) is 39.2 Å². The van der Waals surface area contributed by atoms with E-state index >= 15 is 0 Å². The van der Waals surface area contributed by atoms with Gasteiger partial charge < -0.3 is 5.11 Å². The second-order valence-corrected chi connectivity index (χ2v) is 6.14. The van der Waals surface area contributed by atoms with Gasteiger partial charge in [0.15, 0.2) is 0 Å². The highest BCUT2D eigenvalue weighted by Gasteiger charge is 2.31. The Bertz CT molecular complexity index is 411. The van der Waals surface area contributed by atoms with Gasteiger partial charge in [-0.15, -0.1) is 0 Å². The lowest BCUT2D eigenvalue weighted by molar-refractivity contribution is 0.0550. The highest BCUT2D eigenvalue weighted by atomic mass is 35.5. The molecule has 0 bridgehead atoms. The second kappa shape index (κ2) is 5.58. The van der Waals surface area contributed by atoms with Crippen LogP contribution in [0.15, 0.2) is 18.2 Å². The van der Waals surface area contributed by atoms with Crippen molar-refractivity contribution in [3.63, 3.8) is 0 Å². The fourth-order valence-corrected chi connectivity index (χ4v) is 3.51. The molecular formula is C15H20ClFO. The van der Waals surface area contributed by atoms with E-state index in [-0.39, 0.29) is 10.9 Å². The molecule has 0 spiro atoms. The van der Waals surface area contributed by atoms with Gasteiger partial charge in [0.2, 0.25) is 0 Å². The summed E-state index contributed by atoms with van der Waals surface area (Å²) in [6, 6.07) is 4.65. The Labute approximate surface area is 113 Å². The average Bonchev–Trinajstić information content (AvgIpc) is 2.30. The lowest BCUT2D eigenvalue weighted by Gasteiger charge is -2.34. The van der Waals surface area contributed by atoms with Crippen molar-refractivity contribution >= 4 is 11.6 Å². The molecule has 1 aromatic carbocycles. The van der Waals surface area contributed by atoms with Gasteiger partial charge >= 0.3 is 0 Å². The summed E-state index contributed by atoms with van der Waals surface area (Å²) in [6.07, 6.45) is 2.52. The van der Waals surface area contributed by atoms with Gasteiger partial charge in [0.05, 0.1) is 11.1 Å². The largest absolute Gasteiger partial charge is 0.388 e. The standard InChI is InChI=1S/C15H20ClFO/c1-9-6-10(2)8-11(7-9)15(18)12-4-3-5-13(17)14(12)16/h3-5,9-11,15,18H,6-8H2,1-2H3. The van der Waals surface area contributed by atoms with Crippen LogP contribution in [0.4, 0.5) is 4.39 Å². The van der Waals surface area contributed by atoms with Gasteiger partial charge in [-0.1, -0.05) is 37.6 Å². The predicted molar refractivity (Wildman–Crippen MR) is 72.0 cm³/mol. The summed E-state index contributed by atoms with van der Waals surface area (Å²) in [5.41, 5.74) is 0.531. The van der Waals surface area contributed by atoms with Crippen molar-refractivity contribution in [1.29, 1.82) is 0 Å². The molecule has 3 atom stereocenters. The molecule has 3 unspecified atom stereocenters. The molecule has 1 saturated carbocycles. The number of aliphatic hydroxyl groups is 1. The fourth-order valence-electron chi connectivity index (χ4n) is 3.27. The zero-order valence-electron chi connectivity index (χ0n) is 10.9. The molecule has 0 aliphatic heterocycles. The number of hydrogen-bond acceptors (Lipinski definition) is 1. The fraction of sp³-hybridized carbons (Fsp3) is 0.600. The van der Waals surface area contributed by atoms with Crippen molar-refractivity contribution in [1.82, 2.24) is 0 Å². The zero-order chi connectivity index (χ0) is 13.3. The first-order valence-electron chi connectivity index (χ1n) is 6.61. The average molecular weight is 271 g/mol. The Morgan fingerprint density at radius 3 is 2.44 bits per heavy atom. The molecule has 18 heavy (non-hydrogen) atoms. The monoisotopic (exact) mass is 270 g/mol. The minimum atomic E-state index is -0.654. The maximum atomic E-state index is 13.4. The first-order valence-corrected chi connectivity index (χ1v) is 6.98. The van der Waals surface area contributed by atoms with Gasteiger partial charge in [0.1, 0.15) is 5.82 Å². The van der Waals surface area contributed by atoms with Crippen LogP contribution in [0.1, 0.15) is 44.8 Å². The smallest absolute Gasteiger partial charge is 0.142 e. The van der Waals surface area contributed by atoms with E-state index in [2.05, 4.69) is 13.8 Å². The lowest BCUT2D eigenvalue weighted by Crippen LogP contribution is -2.25. The Balaban J connectivity index is 2.20. The van der Waals surface area contributed by atoms with E-state index in [1.165, 1.54) is 12.5 Å². The van der Waals surface area contributed by atoms with Crippen LogP contribution in [0.5, 0.6) is 0 Å². The molecule has 1 fully saturated rings. The van der Waals surface area contributed by atoms with Crippen molar-refractivity contribution in [3.05, 3.63) is 34.6 Å². The third-order valence-corrected chi connectivity index (χ3v) is 4.36. The Morgan fingerprint density at radius 2 is 1.83 bits per heavy atom. The van der Waals surface area contributed by atoms with E-state index in [1.54, 1.807) is 12.1 Å². The SMILES string of the molecule is CC1CC(C)CC(C(O)c2cccc(F)c2Cl)C1. The third-order valence-electron chi connectivity index (χ3n) is 3.96. The van der Waals surface area contributed by atoms with Crippen molar-refractivity contribution in [2.24, 2.45) is 17.8 Å². The summed E-state index contributed by atoms with van der Waals surface area (Å²) in [6.45, 7) is 4.42. The Kier molecular flexibility index (Phi) is 4.29. The molecule has 1 aromatic rings. The van der Waals surface area contributed by atoms with E-state index in [4.69, 9.17) is 11.6 Å². The first-order chi connectivity index (χ1) is 8.49. The van der Waals surface area contributed by atoms with Crippen molar-refractivity contribution in [2.75, 3.05) is 0 Å². The number of halogens is 2.